The van der Waals surface area contributed by atoms with E-state index in [0.29, 0.717) is 52.1 Å². The fourth-order valence-corrected chi connectivity index (χ4v) is 3.76. The van der Waals surface area contributed by atoms with Gasteiger partial charge in [0.2, 0.25) is 5.96 Å². The van der Waals surface area contributed by atoms with Gasteiger partial charge < -0.3 is 25.9 Å². The van der Waals surface area contributed by atoms with Crippen molar-refractivity contribution in [1.82, 2.24) is 0 Å². The molecule has 0 radical (unpaired) electrons. The van der Waals surface area contributed by atoms with Gasteiger partial charge in [0.05, 0.1) is 11.4 Å². The Labute approximate surface area is 189 Å². The summed E-state index contributed by atoms with van der Waals surface area (Å²) in [6.07, 6.45) is 2.21. The molecule has 1 aromatic heterocycles. The van der Waals surface area contributed by atoms with Crippen LogP contribution < -0.4 is 21.5 Å². The van der Waals surface area contributed by atoms with E-state index in [1.165, 1.54) is 0 Å². The smallest absolute Gasteiger partial charge is 0.291 e. The van der Waals surface area contributed by atoms with E-state index < -0.39 is 5.91 Å². The first-order valence-corrected chi connectivity index (χ1v) is 10.4. The molecule has 1 aliphatic rings. The van der Waals surface area contributed by atoms with Crippen molar-refractivity contribution in [2.75, 3.05) is 5.32 Å². The second-order valence-electron chi connectivity index (χ2n) is 7.29. The SMILES string of the molecule is Cc1c(C(=O)Nc2cc(Cl)ccc2Oc2ccccc2)oc2c1/C(=N/N=C(N)N)CCC2. The number of ether oxygens (including phenoxy) is 1. The van der Waals surface area contributed by atoms with E-state index >= 15 is 0 Å². The van der Waals surface area contributed by atoms with Crippen molar-refractivity contribution < 1.29 is 13.9 Å². The Hall–Kier alpha value is -3.78. The van der Waals surface area contributed by atoms with Gasteiger partial charge in [-0.25, -0.2) is 0 Å². The van der Waals surface area contributed by atoms with E-state index in [2.05, 4.69) is 15.5 Å². The van der Waals surface area contributed by atoms with Crippen molar-refractivity contribution in [2.45, 2.75) is 26.2 Å². The molecule has 2 aromatic carbocycles. The van der Waals surface area contributed by atoms with Crippen molar-refractivity contribution in [3.63, 3.8) is 0 Å². The molecule has 0 spiro atoms. The number of nitrogens with zero attached hydrogens (tertiary/aromatic N) is 2. The van der Waals surface area contributed by atoms with Crippen LogP contribution in [0.25, 0.3) is 0 Å². The van der Waals surface area contributed by atoms with Gasteiger partial charge in [0, 0.05) is 22.6 Å². The van der Waals surface area contributed by atoms with Crippen molar-refractivity contribution >= 4 is 34.9 Å². The largest absolute Gasteiger partial charge is 0.455 e. The molecule has 0 unspecified atom stereocenters. The van der Waals surface area contributed by atoms with E-state index in [9.17, 15) is 4.79 Å². The molecule has 0 bridgehead atoms. The maximum absolute atomic E-state index is 13.1. The highest BCUT2D eigenvalue weighted by Crippen LogP contribution is 2.34. The minimum Gasteiger partial charge on any atom is -0.455 e. The molecule has 164 valence electrons. The van der Waals surface area contributed by atoms with Crippen LogP contribution in [0.4, 0.5) is 5.69 Å². The number of benzene rings is 2. The normalized spacial score (nSPS) is 14.0. The molecule has 0 aliphatic heterocycles. The van der Waals surface area contributed by atoms with Crippen LogP contribution in [0.1, 0.15) is 40.3 Å². The quantitative estimate of drug-likeness (QED) is 0.296. The van der Waals surface area contributed by atoms with Crippen LogP contribution in [0.3, 0.4) is 0 Å². The van der Waals surface area contributed by atoms with Gasteiger partial charge in [-0.3, -0.25) is 4.79 Å². The lowest BCUT2D eigenvalue weighted by Crippen LogP contribution is -2.22. The van der Waals surface area contributed by atoms with Gasteiger partial charge in [0.1, 0.15) is 11.5 Å². The van der Waals surface area contributed by atoms with Gasteiger partial charge in [0.25, 0.3) is 5.91 Å². The van der Waals surface area contributed by atoms with E-state index in [1.807, 2.05) is 37.3 Å². The van der Waals surface area contributed by atoms with Crippen molar-refractivity contribution in [1.29, 1.82) is 0 Å². The van der Waals surface area contributed by atoms with Gasteiger partial charge >= 0.3 is 0 Å². The van der Waals surface area contributed by atoms with Crippen LogP contribution in [0.2, 0.25) is 5.02 Å². The number of amides is 1. The predicted octanol–water partition coefficient (Wildman–Crippen LogP) is 4.60. The molecular formula is C23H22ClN5O3. The number of carbonyl (C=O) groups excluding carboxylic acids is 1. The highest BCUT2D eigenvalue weighted by atomic mass is 35.5. The summed E-state index contributed by atoms with van der Waals surface area (Å²) in [6.45, 7) is 1.81. The number of anilines is 1. The van der Waals surface area contributed by atoms with Gasteiger partial charge in [-0.2, -0.15) is 5.10 Å². The second kappa shape index (κ2) is 9.15. The zero-order chi connectivity index (χ0) is 22.7. The molecule has 1 amide bonds. The van der Waals surface area contributed by atoms with Crippen LogP contribution in [0, 0.1) is 6.92 Å². The Morgan fingerprint density at radius 3 is 2.69 bits per heavy atom. The standard InChI is InChI=1S/C23H22ClN5O3/c1-13-20-16(28-29-23(25)26)8-5-9-19(20)32-21(13)22(30)27-17-12-14(24)10-11-18(17)31-15-6-3-2-4-7-15/h2-4,6-7,10-12H,5,8-9H2,1H3,(H,27,30)(H4,25,26,29)/b28-16+. The van der Waals surface area contributed by atoms with Crippen molar-refractivity contribution in [3.05, 3.63) is 76.2 Å². The molecule has 0 saturated carbocycles. The highest BCUT2D eigenvalue weighted by molar-refractivity contribution is 6.31. The second-order valence-corrected chi connectivity index (χ2v) is 7.73. The summed E-state index contributed by atoms with van der Waals surface area (Å²) in [5, 5.41) is 11.2. The van der Waals surface area contributed by atoms with Gasteiger partial charge in [0.15, 0.2) is 11.5 Å². The number of aryl methyl sites for hydroxylation is 1. The summed E-state index contributed by atoms with van der Waals surface area (Å²) in [6, 6.07) is 14.3. The fourth-order valence-electron chi connectivity index (χ4n) is 3.59. The minimum absolute atomic E-state index is 0.129. The summed E-state index contributed by atoms with van der Waals surface area (Å²) in [4.78, 5) is 13.1. The highest BCUT2D eigenvalue weighted by Gasteiger charge is 2.28. The molecule has 1 aliphatic carbocycles. The molecule has 0 fully saturated rings. The number of hydrogen-bond acceptors (Lipinski definition) is 5. The Morgan fingerprint density at radius 2 is 1.94 bits per heavy atom. The predicted molar refractivity (Wildman–Crippen MR) is 125 cm³/mol. The number of hydrogen-bond donors (Lipinski definition) is 3. The Kier molecular flexibility index (Phi) is 6.13. The molecule has 9 heteroatoms. The lowest BCUT2D eigenvalue weighted by atomic mass is 9.93. The third kappa shape index (κ3) is 4.60. The summed E-state index contributed by atoms with van der Waals surface area (Å²) in [7, 11) is 0. The number of guanidine groups is 1. The summed E-state index contributed by atoms with van der Waals surface area (Å²) >= 11 is 6.16. The molecule has 1 heterocycles. The molecule has 8 nitrogen and oxygen atoms in total. The number of rotatable bonds is 5. The molecule has 0 atom stereocenters. The number of furan rings is 1. The van der Waals surface area contributed by atoms with E-state index in [4.69, 9.17) is 32.2 Å². The minimum atomic E-state index is -0.418. The maximum Gasteiger partial charge on any atom is 0.291 e. The van der Waals surface area contributed by atoms with Gasteiger partial charge in [-0.1, -0.05) is 29.8 Å². The van der Waals surface area contributed by atoms with E-state index in [-0.39, 0.29) is 11.7 Å². The first-order chi connectivity index (χ1) is 15.4. The lowest BCUT2D eigenvalue weighted by molar-refractivity contribution is 0.0993. The fraction of sp³-hybridized carbons (Fsp3) is 0.174. The number of nitrogens with two attached hydrogens (primary N) is 2. The zero-order valence-electron chi connectivity index (χ0n) is 17.4. The summed E-state index contributed by atoms with van der Waals surface area (Å²) < 4.78 is 11.8. The molecule has 5 N–H and O–H groups in total. The molecule has 0 saturated heterocycles. The Balaban J connectivity index is 1.64. The summed E-state index contributed by atoms with van der Waals surface area (Å²) in [5.41, 5.74) is 13.4. The topological polar surface area (TPSA) is 128 Å². The molecule has 4 rings (SSSR count). The van der Waals surface area contributed by atoms with Crippen LogP contribution in [-0.4, -0.2) is 17.6 Å². The molecule has 32 heavy (non-hydrogen) atoms. The maximum atomic E-state index is 13.1. The van der Waals surface area contributed by atoms with Crippen molar-refractivity contribution in [3.8, 4) is 11.5 Å². The average molecular weight is 452 g/mol. The summed E-state index contributed by atoms with van der Waals surface area (Å²) in [5.74, 6) is 1.43. The number of carbonyl (C=O) groups is 1. The van der Waals surface area contributed by atoms with Crippen LogP contribution in [0.5, 0.6) is 11.5 Å². The molecular weight excluding hydrogens is 430 g/mol. The lowest BCUT2D eigenvalue weighted by Gasteiger charge is -2.12. The van der Waals surface area contributed by atoms with E-state index in [0.717, 1.165) is 12.0 Å². The first-order valence-electron chi connectivity index (χ1n) is 10.0. The Morgan fingerprint density at radius 1 is 1.16 bits per heavy atom. The number of fused-ring (bicyclic) bond motifs is 1. The first kappa shape index (κ1) is 21.5. The average Bonchev–Trinajstić information content (AvgIpc) is 3.12. The Bertz CT molecular complexity index is 1210. The van der Waals surface area contributed by atoms with Crippen LogP contribution >= 0.6 is 11.6 Å². The zero-order valence-corrected chi connectivity index (χ0v) is 18.1. The van der Waals surface area contributed by atoms with Gasteiger partial charge in [-0.05, 0) is 50.1 Å². The van der Waals surface area contributed by atoms with Crippen molar-refractivity contribution in [2.24, 2.45) is 21.7 Å². The number of halogens is 1. The third-order valence-corrected chi connectivity index (χ3v) is 5.21. The third-order valence-electron chi connectivity index (χ3n) is 4.98. The monoisotopic (exact) mass is 451 g/mol. The number of nitrogens with one attached hydrogen (secondary N) is 1. The number of para-hydroxylation sites is 1. The van der Waals surface area contributed by atoms with Gasteiger partial charge in [-0.15, -0.1) is 5.10 Å². The van der Waals surface area contributed by atoms with E-state index in [1.54, 1.807) is 18.2 Å². The van der Waals surface area contributed by atoms with Crippen LogP contribution in [0.15, 0.2) is 63.2 Å². The van der Waals surface area contributed by atoms with Crippen LogP contribution in [-0.2, 0) is 6.42 Å². The molecule has 3 aromatic rings.